The molecule has 8 nitrogen and oxygen atoms in total. The summed E-state index contributed by atoms with van der Waals surface area (Å²) < 4.78 is 0. The zero-order chi connectivity index (χ0) is 91.7. The quantitative estimate of drug-likeness (QED) is 0.139. The SMILES string of the molecule is c1cc(-c2ccc3ccccc3c2)cc(-c2cnc3ccc(-c4ccc5c6c(cccc46)-c4c-5c5ccccc5c5ccccc45)cc3c2)c1.c1ccc2cc(-c3nc(-c4ccc5ccccc5c4)nc(-c4ccc5c6c(cccc46)-c4c-5ccc5ccccc45)n3)ccc2c1.c1cnc2c(c1)ccc1ccc(-c3ccnc(-c4ccc5c6c(cccc46)-c4c-5c5ccccc5c5ccccc45)n3)nc12. The van der Waals surface area contributed by atoms with Gasteiger partial charge < -0.3 is 0 Å². The Morgan fingerprint density at radius 1 is 0.143 bits per heavy atom. The summed E-state index contributed by atoms with van der Waals surface area (Å²) in [7, 11) is 0. The Bertz CT molecular complexity index is 10000. The minimum absolute atomic E-state index is 0.663. The first-order chi connectivity index (χ1) is 69.4. The Kier molecular flexibility index (Phi) is 17.7. The molecule has 0 atom stereocenters. The van der Waals surface area contributed by atoms with E-state index in [9.17, 15) is 0 Å². The lowest BCUT2D eigenvalue weighted by atomic mass is 9.90. The second kappa shape index (κ2) is 31.4. The van der Waals surface area contributed by atoms with Gasteiger partial charge in [0.15, 0.2) is 23.3 Å². The maximum Gasteiger partial charge on any atom is 0.164 e. The molecule has 0 saturated heterocycles. The standard InChI is InChI=1S/C49H29N.C43H25N3.C40H22N4/c1-2-10-31-25-34(20-19-30(31)9-1)32-11-7-12-33(26-32)37-28-36-27-35(21-24-46(36)50-29-37)38-22-23-45-47-41(38)17-8-18-44(47)48-42-15-5-3-13-39(42)40-14-4-6-16-43(40)49(45)48;1-3-11-29-24-31(18-16-26(29)8-1)41-44-42(32-19-17-27-9-2-4-12-30(27)25-32)46-43(45-41)37-23-22-36-35-21-20-28-10-5-6-13-33(28)39(35)38-15-7-14-34(37)40(36)38;1-3-10-27-25(8-1)26-9-2-4-11-28(26)37-32-18-17-30(29-12-5-13-31(35(29)32)36(27)37)40-42-22-20-34(44-40)33-19-16-24-15-14-23-7-6-21-41-38(23)39(24)43-33/h1-29H;1-25H;1-22H. The molecule has 0 aliphatic heterocycles. The molecular weight excluding hydrogens is 1700 g/mol. The van der Waals surface area contributed by atoms with E-state index in [4.69, 9.17) is 34.9 Å². The molecule has 0 radical (unpaired) electrons. The first-order valence-corrected chi connectivity index (χ1v) is 47.7. The molecule has 0 unspecified atom stereocenters. The molecule has 31 rings (SSSR count). The number of aromatic nitrogens is 8. The molecule has 8 heteroatoms. The van der Waals surface area contributed by atoms with Crippen LogP contribution in [-0.4, -0.2) is 39.9 Å². The molecule has 0 N–H and O–H groups in total. The molecule has 28 aromatic rings. The van der Waals surface area contributed by atoms with Gasteiger partial charge >= 0.3 is 0 Å². The normalized spacial score (nSPS) is 12.0. The van der Waals surface area contributed by atoms with Crippen molar-refractivity contribution in [2.45, 2.75) is 0 Å². The number of rotatable bonds is 8. The van der Waals surface area contributed by atoms with Gasteiger partial charge in [0, 0.05) is 62.6 Å². The van der Waals surface area contributed by atoms with Gasteiger partial charge in [0.2, 0.25) is 0 Å². The molecule has 5 aromatic heterocycles. The fourth-order valence-corrected chi connectivity index (χ4v) is 22.9. The van der Waals surface area contributed by atoms with Crippen LogP contribution in [0.25, 0.3) is 308 Å². The number of hydrogen-bond acceptors (Lipinski definition) is 8. The van der Waals surface area contributed by atoms with Crippen molar-refractivity contribution < 1.29 is 0 Å². The van der Waals surface area contributed by atoms with Gasteiger partial charge in [-0.15, -0.1) is 0 Å². The van der Waals surface area contributed by atoms with E-state index in [2.05, 4.69) is 430 Å². The summed E-state index contributed by atoms with van der Waals surface area (Å²) in [6.45, 7) is 0. The fraction of sp³-hybridized carbons (Fsp3) is 0. The van der Waals surface area contributed by atoms with Crippen molar-refractivity contribution >= 4 is 151 Å². The molecule has 0 bridgehead atoms. The Labute approximate surface area is 803 Å². The molecule has 0 saturated carbocycles. The van der Waals surface area contributed by atoms with Gasteiger partial charge in [-0.2, -0.15) is 0 Å². The van der Waals surface area contributed by atoms with Gasteiger partial charge in [-0.05, 0) is 286 Å². The molecule has 3 aliphatic rings. The summed E-state index contributed by atoms with van der Waals surface area (Å²) in [6.07, 6.45) is 5.66. The third kappa shape index (κ3) is 12.5. The first-order valence-electron chi connectivity index (χ1n) is 47.7. The van der Waals surface area contributed by atoms with Gasteiger partial charge in [0.05, 0.1) is 27.9 Å². The zero-order valence-corrected chi connectivity index (χ0v) is 75.5. The maximum absolute atomic E-state index is 5.18. The number of pyridine rings is 3. The lowest BCUT2D eigenvalue weighted by Gasteiger charge is -2.13. The predicted molar refractivity (Wildman–Crippen MR) is 584 cm³/mol. The molecule has 0 spiro atoms. The van der Waals surface area contributed by atoms with Crippen LogP contribution in [0.3, 0.4) is 0 Å². The highest BCUT2D eigenvalue weighted by atomic mass is 15.0. The second-order valence-electron chi connectivity index (χ2n) is 36.9. The van der Waals surface area contributed by atoms with Crippen molar-refractivity contribution in [3.05, 3.63) is 461 Å². The van der Waals surface area contributed by atoms with Crippen LogP contribution in [0.2, 0.25) is 0 Å². The molecule has 23 aromatic carbocycles. The number of fused-ring (bicyclic) bond motifs is 28. The van der Waals surface area contributed by atoms with Gasteiger partial charge in [0.1, 0.15) is 0 Å². The molecule has 5 heterocycles. The monoisotopic (exact) mass is 1770 g/mol. The Morgan fingerprint density at radius 3 is 1.10 bits per heavy atom. The summed E-state index contributed by atoms with van der Waals surface area (Å²) in [5.41, 5.74) is 31.1. The van der Waals surface area contributed by atoms with Crippen LogP contribution in [0, 0.1) is 0 Å². The van der Waals surface area contributed by atoms with E-state index in [-0.39, 0.29) is 0 Å². The molecule has 644 valence electrons. The van der Waals surface area contributed by atoms with Crippen molar-refractivity contribution in [1.82, 2.24) is 39.9 Å². The molecule has 0 fully saturated rings. The third-order valence-corrected chi connectivity index (χ3v) is 29.3. The Morgan fingerprint density at radius 2 is 0.514 bits per heavy atom. The van der Waals surface area contributed by atoms with Crippen molar-refractivity contribution in [3.63, 3.8) is 0 Å². The third-order valence-electron chi connectivity index (χ3n) is 29.3. The van der Waals surface area contributed by atoms with Crippen LogP contribution in [0.4, 0.5) is 0 Å². The second-order valence-corrected chi connectivity index (χ2v) is 36.9. The largest absolute Gasteiger partial charge is 0.256 e. The van der Waals surface area contributed by atoms with E-state index in [1.165, 1.54) is 186 Å². The van der Waals surface area contributed by atoms with E-state index in [1.54, 1.807) is 0 Å². The lowest BCUT2D eigenvalue weighted by molar-refractivity contribution is 1.08. The van der Waals surface area contributed by atoms with Gasteiger partial charge in [-0.1, -0.05) is 370 Å². The summed E-state index contributed by atoms with van der Waals surface area (Å²) >= 11 is 0. The highest BCUT2D eigenvalue weighted by molar-refractivity contribution is 6.34. The van der Waals surface area contributed by atoms with Crippen LogP contribution < -0.4 is 0 Å². The minimum atomic E-state index is 0.663. The first kappa shape index (κ1) is 78.7. The lowest BCUT2D eigenvalue weighted by Crippen LogP contribution is -2.00. The molecule has 140 heavy (non-hydrogen) atoms. The number of benzene rings is 23. The van der Waals surface area contributed by atoms with Crippen LogP contribution in [0.15, 0.2) is 461 Å². The number of nitrogens with zero attached hydrogens (tertiary/aromatic N) is 8. The van der Waals surface area contributed by atoms with Crippen molar-refractivity contribution in [2.24, 2.45) is 0 Å². The fourth-order valence-electron chi connectivity index (χ4n) is 22.9. The van der Waals surface area contributed by atoms with Crippen LogP contribution in [0.1, 0.15) is 0 Å². The number of hydrogen-bond donors (Lipinski definition) is 0. The topological polar surface area (TPSA) is 103 Å². The van der Waals surface area contributed by atoms with Crippen LogP contribution in [-0.2, 0) is 0 Å². The molecule has 0 amide bonds. The maximum atomic E-state index is 5.18. The zero-order valence-electron chi connectivity index (χ0n) is 75.5. The average molecular weight is 1770 g/mol. The summed E-state index contributed by atoms with van der Waals surface area (Å²) in [5.74, 6) is 2.69. The van der Waals surface area contributed by atoms with Crippen molar-refractivity contribution in [1.29, 1.82) is 0 Å². The molecular formula is C132H76N8. The minimum Gasteiger partial charge on any atom is -0.256 e. The highest BCUT2D eigenvalue weighted by Crippen LogP contribution is 2.59. The van der Waals surface area contributed by atoms with Crippen molar-refractivity contribution in [3.8, 4) is 157 Å². The summed E-state index contributed by atoms with van der Waals surface area (Å²) in [5, 5.41) is 30.9. The van der Waals surface area contributed by atoms with E-state index in [0.29, 0.717) is 23.3 Å². The van der Waals surface area contributed by atoms with E-state index in [1.807, 2.05) is 36.8 Å². The highest BCUT2D eigenvalue weighted by Gasteiger charge is 2.32. The molecule has 3 aliphatic carbocycles. The Hall–Kier alpha value is -18.8. The van der Waals surface area contributed by atoms with Gasteiger partial charge in [0.25, 0.3) is 0 Å². The Balaban J connectivity index is 0.000000101. The average Bonchev–Trinajstić information content (AvgIpc) is 1.55. The van der Waals surface area contributed by atoms with E-state index >= 15 is 0 Å². The summed E-state index contributed by atoms with van der Waals surface area (Å²) in [6, 6.07) is 159. The predicted octanol–water partition coefficient (Wildman–Crippen LogP) is 34.6. The van der Waals surface area contributed by atoms with Crippen LogP contribution in [0.5, 0.6) is 0 Å². The summed E-state index contributed by atoms with van der Waals surface area (Å²) in [4.78, 5) is 39.9. The van der Waals surface area contributed by atoms with E-state index in [0.717, 1.165) is 99.0 Å². The van der Waals surface area contributed by atoms with E-state index < -0.39 is 0 Å². The van der Waals surface area contributed by atoms with Gasteiger partial charge in [-0.3, -0.25) is 9.97 Å². The van der Waals surface area contributed by atoms with Gasteiger partial charge in [-0.25, -0.2) is 29.9 Å². The van der Waals surface area contributed by atoms with Crippen molar-refractivity contribution in [2.75, 3.05) is 0 Å². The van der Waals surface area contributed by atoms with Crippen LogP contribution >= 0.6 is 0 Å². The smallest absolute Gasteiger partial charge is 0.164 e.